The average molecular weight is 248 g/mol. The molecule has 0 aromatic heterocycles. The SMILES string of the molecule is COC(=O)C(C)CS(=O)CCC1CCCO1. The first-order valence-electron chi connectivity index (χ1n) is 5.68. The van der Waals surface area contributed by atoms with Crippen molar-refractivity contribution in [1.29, 1.82) is 0 Å². The highest BCUT2D eigenvalue weighted by molar-refractivity contribution is 7.85. The highest BCUT2D eigenvalue weighted by Crippen LogP contribution is 2.15. The first-order chi connectivity index (χ1) is 7.63. The molecular weight excluding hydrogens is 228 g/mol. The van der Waals surface area contributed by atoms with Crippen LogP contribution in [0.3, 0.4) is 0 Å². The molecule has 0 amide bonds. The van der Waals surface area contributed by atoms with Crippen LogP contribution in [0.5, 0.6) is 0 Å². The Morgan fingerprint density at radius 3 is 2.94 bits per heavy atom. The van der Waals surface area contributed by atoms with Crippen LogP contribution in [0.25, 0.3) is 0 Å². The quantitative estimate of drug-likeness (QED) is 0.661. The monoisotopic (exact) mass is 248 g/mol. The lowest BCUT2D eigenvalue weighted by atomic mass is 10.2. The molecular formula is C11H20O4S. The van der Waals surface area contributed by atoms with E-state index in [-0.39, 0.29) is 18.0 Å². The molecule has 1 saturated heterocycles. The summed E-state index contributed by atoms with van der Waals surface area (Å²) in [4.78, 5) is 11.1. The van der Waals surface area contributed by atoms with Crippen LogP contribution in [0.15, 0.2) is 0 Å². The summed E-state index contributed by atoms with van der Waals surface area (Å²) in [6.45, 7) is 2.58. The maximum atomic E-state index is 11.7. The standard InChI is InChI=1S/C11H20O4S/c1-9(11(12)14-2)8-16(13)7-5-10-4-3-6-15-10/h9-10H,3-8H2,1-2H3. The molecule has 1 rings (SSSR count). The fraction of sp³-hybridized carbons (Fsp3) is 0.909. The molecule has 0 spiro atoms. The van der Waals surface area contributed by atoms with Crippen LogP contribution in [0, 0.1) is 5.92 Å². The third-order valence-electron chi connectivity index (χ3n) is 2.73. The summed E-state index contributed by atoms with van der Waals surface area (Å²) in [6, 6.07) is 0. The van der Waals surface area contributed by atoms with Crippen LogP contribution in [-0.4, -0.2) is 41.5 Å². The zero-order valence-corrected chi connectivity index (χ0v) is 10.8. The summed E-state index contributed by atoms with van der Waals surface area (Å²) in [5.41, 5.74) is 0. The number of carbonyl (C=O) groups excluding carboxylic acids is 1. The van der Waals surface area contributed by atoms with E-state index in [9.17, 15) is 9.00 Å². The van der Waals surface area contributed by atoms with Gasteiger partial charge in [-0.3, -0.25) is 9.00 Å². The molecule has 3 atom stereocenters. The van der Waals surface area contributed by atoms with Crippen LogP contribution in [0.2, 0.25) is 0 Å². The Labute approximate surface area is 99.1 Å². The molecule has 0 aromatic rings. The van der Waals surface area contributed by atoms with Gasteiger partial charge in [0.2, 0.25) is 0 Å². The molecule has 3 unspecified atom stereocenters. The van der Waals surface area contributed by atoms with Crippen molar-refractivity contribution in [2.45, 2.75) is 32.3 Å². The molecule has 94 valence electrons. The van der Waals surface area contributed by atoms with E-state index in [1.807, 2.05) is 0 Å². The lowest BCUT2D eigenvalue weighted by molar-refractivity contribution is -0.144. The number of esters is 1. The van der Waals surface area contributed by atoms with Crippen LogP contribution in [0.1, 0.15) is 26.2 Å². The molecule has 0 N–H and O–H groups in total. The molecule has 5 heteroatoms. The van der Waals surface area contributed by atoms with Gasteiger partial charge in [0.25, 0.3) is 0 Å². The fourth-order valence-electron chi connectivity index (χ4n) is 1.77. The molecule has 0 bridgehead atoms. The number of hydrogen-bond acceptors (Lipinski definition) is 4. The zero-order valence-electron chi connectivity index (χ0n) is 9.94. The Hall–Kier alpha value is -0.420. The molecule has 0 aliphatic carbocycles. The number of ether oxygens (including phenoxy) is 2. The predicted octanol–water partition coefficient (Wildman–Crippen LogP) is 1.11. The fourth-order valence-corrected chi connectivity index (χ4v) is 3.15. The maximum Gasteiger partial charge on any atom is 0.309 e. The molecule has 1 heterocycles. The normalized spacial score (nSPS) is 24.0. The van der Waals surface area contributed by atoms with Crippen LogP contribution >= 0.6 is 0 Å². The molecule has 0 saturated carbocycles. The summed E-state index contributed by atoms with van der Waals surface area (Å²) >= 11 is 0. The van der Waals surface area contributed by atoms with E-state index < -0.39 is 10.8 Å². The van der Waals surface area contributed by atoms with E-state index in [0.717, 1.165) is 25.9 Å². The predicted molar refractivity (Wildman–Crippen MR) is 62.6 cm³/mol. The second-order valence-electron chi connectivity index (χ2n) is 4.16. The van der Waals surface area contributed by atoms with Gasteiger partial charge in [-0.25, -0.2) is 0 Å². The highest BCUT2D eigenvalue weighted by Gasteiger charge is 2.19. The van der Waals surface area contributed by atoms with Crippen molar-refractivity contribution in [1.82, 2.24) is 0 Å². The van der Waals surface area contributed by atoms with E-state index in [1.54, 1.807) is 6.92 Å². The van der Waals surface area contributed by atoms with Gasteiger partial charge in [-0.2, -0.15) is 0 Å². The maximum absolute atomic E-state index is 11.7. The third kappa shape index (κ3) is 4.61. The smallest absolute Gasteiger partial charge is 0.309 e. The largest absolute Gasteiger partial charge is 0.469 e. The highest BCUT2D eigenvalue weighted by atomic mass is 32.2. The van der Waals surface area contributed by atoms with Crippen molar-refractivity contribution in [3.63, 3.8) is 0 Å². The second kappa shape index (κ2) is 7.01. The van der Waals surface area contributed by atoms with Gasteiger partial charge in [-0.05, 0) is 19.3 Å². The minimum atomic E-state index is -0.949. The van der Waals surface area contributed by atoms with Crippen molar-refractivity contribution < 1.29 is 18.5 Å². The average Bonchev–Trinajstić information content (AvgIpc) is 2.78. The van der Waals surface area contributed by atoms with Crippen LogP contribution in [0.4, 0.5) is 0 Å². The first-order valence-corrected chi connectivity index (χ1v) is 7.16. The molecule has 0 radical (unpaired) electrons. The lowest BCUT2D eigenvalue weighted by Crippen LogP contribution is -2.21. The number of rotatable bonds is 6. The second-order valence-corrected chi connectivity index (χ2v) is 5.78. The Balaban J connectivity index is 2.17. The van der Waals surface area contributed by atoms with Crippen molar-refractivity contribution in [3.8, 4) is 0 Å². The Bertz CT molecular complexity index is 248. The van der Waals surface area contributed by atoms with Crippen molar-refractivity contribution >= 4 is 16.8 Å². The lowest BCUT2D eigenvalue weighted by Gasteiger charge is -2.11. The summed E-state index contributed by atoms with van der Waals surface area (Å²) in [7, 11) is 0.406. The van der Waals surface area contributed by atoms with Crippen molar-refractivity contribution in [3.05, 3.63) is 0 Å². The zero-order chi connectivity index (χ0) is 12.0. The van der Waals surface area contributed by atoms with Gasteiger partial charge in [0.05, 0.1) is 19.1 Å². The number of carbonyl (C=O) groups is 1. The van der Waals surface area contributed by atoms with Crippen LogP contribution < -0.4 is 0 Å². The van der Waals surface area contributed by atoms with Gasteiger partial charge >= 0.3 is 5.97 Å². The first kappa shape index (κ1) is 13.6. The summed E-state index contributed by atoms with van der Waals surface area (Å²) in [5, 5.41) is 0. The summed E-state index contributed by atoms with van der Waals surface area (Å²) < 4.78 is 21.7. The van der Waals surface area contributed by atoms with E-state index in [0.29, 0.717) is 11.5 Å². The molecule has 1 fully saturated rings. The van der Waals surface area contributed by atoms with E-state index in [2.05, 4.69) is 4.74 Å². The van der Waals surface area contributed by atoms with E-state index >= 15 is 0 Å². The third-order valence-corrected chi connectivity index (χ3v) is 4.29. The van der Waals surface area contributed by atoms with Crippen molar-refractivity contribution in [2.24, 2.45) is 5.92 Å². The van der Waals surface area contributed by atoms with Gasteiger partial charge < -0.3 is 9.47 Å². The Morgan fingerprint density at radius 2 is 2.38 bits per heavy atom. The van der Waals surface area contributed by atoms with Crippen LogP contribution in [-0.2, 0) is 25.1 Å². The Morgan fingerprint density at radius 1 is 1.62 bits per heavy atom. The molecule has 1 aliphatic rings. The minimum Gasteiger partial charge on any atom is -0.469 e. The number of hydrogen-bond donors (Lipinski definition) is 0. The number of methoxy groups -OCH3 is 1. The van der Waals surface area contributed by atoms with Gasteiger partial charge in [-0.15, -0.1) is 0 Å². The minimum absolute atomic E-state index is 0.275. The van der Waals surface area contributed by atoms with E-state index in [1.165, 1.54) is 7.11 Å². The summed E-state index contributed by atoms with van der Waals surface area (Å²) in [6.07, 6.45) is 3.29. The van der Waals surface area contributed by atoms with E-state index in [4.69, 9.17) is 4.74 Å². The van der Waals surface area contributed by atoms with Gasteiger partial charge in [0.15, 0.2) is 0 Å². The van der Waals surface area contributed by atoms with Crippen molar-refractivity contribution in [2.75, 3.05) is 25.2 Å². The summed E-state index contributed by atoms with van der Waals surface area (Å²) in [5.74, 6) is 0.437. The van der Waals surface area contributed by atoms with Gasteiger partial charge in [0.1, 0.15) is 0 Å². The molecule has 4 nitrogen and oxygen atoms in total. The molecule has 1 aliphatic heterocycles. The van der Waals surface area contributed by atoms with Gasteiger partial charge in [-0.1, -0.05) is 6.92 Å². The molecule has 16 heavy (non-hydrogen) atoms. The topological polar surface area (TPSA) is 52.6 Å². The Kier molecular flexibility index (Phi) is 5.98. The van der Waals surface area contributed by atoms with Gasteiger partial charge in [0, 0.05) is 28.9 Å². The molecule has 0 aromatic carbocycles.